The molecule has 0 aliphatic heterocycles. The van der Waals surface area contributed by atoms with Gasteiger partial charge in [0.05, 0.1) is 0 Å². The maximum Gasteiger partial charge on any atom is 0.287 e. The Hall–Kier alpha value is -2.62. The Labute approximate surface area is 116 Å². The highest BCUT2D eigenvalue weighted by atomic mass is 16.3. The molecule has 1 N–H and O–H groups in total. The summed E-state index contributed by atoms with van der Waals surface area (Å²) in [6.45, 7) is 0.577. The number of nitrogens with one attached hydrogen (secondary N) is 1. The fourth-order valence-electron chi connectivity index (χ4n) is 2.03. The van der Waals surface area contributed by atoms with Crippen LogP contribution in [0.5, 0.6) is 0 Å². The SMILES string of the molecule is O=C(NCCc1ccccc1)c1cc2ncccc2o1. The zero-order chi connectivity index (χ0) is 13.8. The zero-order valence-electron chi connectivity index (χ0n) is 10.9. The second-order valence-electron chi connectivity index (χ2n) is 4.49. The van der Waals surface area contributed by atoms with Crippen molar-refractivity contribution in [2.45, 2.75) is 6.42 Å². The number of nitrogens with zero attached hydrogens (tertiary/aromatic N) is 1. The minimum atomic E-state index is -0.209. The highest BCUT2D eigenvalue weighted by molar-refractivity contribution is 5.95. The number of furan rings is 1. The molecule has 0 bridgehead atoms. The van der Waals surface area contributed by atoms with E-state index in [1.54, 1.807) is 24.4 Å². The molecule has 4 heteroatoms. The summed E-state index contributed by atoms with van der Waals surface area (Å²) in [6.07, 6.45) is 2.47. The number of carbonyl (C=O) groups excluding carboxylic acids is 1. The molecule has 4 nitrogen and oxygen atoms in total. The van der Waals surface area contributed by atoms with E-state index < -0.39 is 0 Å². The van der Waals surface area contributed by atoms with E-state index in [0.29, 0.717) is 23.4 Å². The predicted octanol–water partition coefficient (Wildman–Crippen LogP) is 2.80. The van der Waals surface area contributed by atoms with Gasteiger partial charge in [-0.25, -0.2) is 0 Å². The number of rotatable bonds is 4. The molecule has 1 aromatic carbocycles. The number of aromatic nitrogens is 1. The van der Waals surface area contributed by atoms with Crippen molar-refractivity contribution in [3.63, 3.8) is 0 Å². The molecule has 0 fully saturated rings. The summed E-state index contributed by atoms with van der Waals surface area (Å²) in [5.41, 5.74) is 2.51. The molecule has 0 radical (unpaired) electrons. The molecule has 1 amide bonds. The monoisotopic (exact) mass is 266 g/mol. The van der Waals surface area contributed by atoms with Gasteiger partial charge in [-0.1, -0.05) is 30.3 Å². The standard InChI is InChI=1S/C16H14N2O2/c19-16(18-10-8-12-5-2-1-3-6-12)15-11-13-14(20-15)7-4-9-17-13/h1-7,9,11H,8,10H2,(H,18,19). The average molecular weight is 266 g/mol. The molecule has 3 rings (SSSR count). The molecule has 2 aromatic heterocycles. The summed E-state index contributed by atoms with van der Waals surface area (Å²) in [4.78, 5) is 16.1. The molecular weight excluding hydrogens is 252 g/mol. The third kappa shape index (κ3) is 2.69. The van der Waals surface area contributed by atoms with E-state index in [2.05, 4.69) is 10.3 Å². The summed E-state index contributed by atoms with van der Waals surface area (Å²) in [6, 6.07) is 15.3. The van der Waals surface area contributed by atoms with Gasteiger partial charge >= 0.3 is 0 Å². The van der Waals surface area contributed by atoms with Crippen molar-refractivity contribution >= 4 is 17.0 Å². The summed E-state index contributed by atoms with van der Waals surface area (Å²) >= 11 is 0. The van der Waals surface area contributed by atoms with Crippen LogP contribution in [0, 0.1) is 0 Å². The first kappa shape index (κ1) is 12.4. The van der Waals surface area contributed by atoms with Crippen molar-refractivity contribution < 1.29 is 9.21 Å². The lowest BCUT2D eigenvalue weighted by Crippen LogP contribution is -2.25. The third-order valence-electron chi connectivity index (χ3n) is 3.05. The molecule has 0 saturated carbocycles. The molecule has 0 saturated heterocycles. The Bertz CT molecular complexity index is 686. The molecule has 3 aromatic rings. The fraction of sp³-hybridized carbons (Fsp3) is 0.125. The van der Waals surface area contributed by atoms with Gasteiger partial charge in [0, 0.05) is 18.8 Å². The molecule has 20 heavy (non-hydrogen) atoms. The molecule has 2 heterocycles. The van der Waals surface area contributed by atoms with E-state index in [4.69, 9.17) is 4.42 Å². The Morgan fingerprint density at radius 3 is 2.80 bits per heavy atom. The largest absolute Gasteiger partial charge is 0.449 e. The van der Waals surface area contributed by atoms with E-state index in [1.165, 1.54) is 5.56 Å². The molecule has 0 spiro atoms. The van der Waals surface area contributed by atoms with Crippen LogP contribution in [0.3, 0.4) is 0 Å². The van der Waals surface area contributed by atoms with Crippen LogP contribution in [-0.2, 0) is 6.42 Å². The van der Waals surface area contributed by atoms with Crippen molar-refractivity contribution in [2.24, 2.45) is 0 Å². The predicted molar refractivity (Wildman–Crippen MR) is 76.5 cm³/mol. The molecule has 0 atom stereocenters. The number of carbonyl (C=O) groups is 1. The number of hydrogen-bond acceptors (Lipinski definition) is 3. The van der Waals surface area contributed by atoms with Crippen LogP contribution in [0.1, 0.15) is 16.1 Å². The average Bonchev–Trinajstić information content (AvgIpc) is 2.92. The lowest BCUT2D eigenvalue weighted by molar-refractivity contribution is 0.0928. The van der Waals surface area contributed by atoms with Crippen molar-refractivity contribution in [3.05, 3.63) is 66.1 Å². The second-order valence-corrected chi connectivity index (χ2v) is 4.49. The normalized spacial score (nSPS) is 10.6. The van der Waals surface area contributed by atoms with Crippen LogP contribution in [-0.4, -0.2) is 17.4 Å². The van der Waals surface area contributed by atoms with Gasteiger partial charge in [-0.2, -0.15) is 0 Å². The van der Waals surface area contributed by atoms with Gasteiger partial charge in [-0.15, -0.1) is 0 Å². The fourth-order valence-corrected chi connectivity index (χ4v) is 2.03. The minimum absolute atomic E-state index is 0.209. The van der Waals surface area contributed by atoms with Gasteiger partial charge in [0.15, 0.2) is 11.3 Å². The van der Waals surface area contributed by atoms with E-state index in [1.807, 2.05) is 30.3 Å². The van der Waals surface area contributed by atoms with Crippen LogP contribution in [0.4, 0.5) is 0 Å². The number of fused-ring (bicyclic) bond motifs is 1. The Morgan fingerprint density at radius 1 is 1.15 bits per heavy atom. The van der Waals surface area contributed by atoms with Gasteiger partial charge in [-0.3, -0.25) is 9.78 Å². The summed E-state index contributed by atoms with van der Waals surface area (Å²) in [5, 5.41) is 2.85. The maximum absolute atomic E-state index is 12.0. The second kappa shape index (κ2) is 5.57. The molecule has 0 aliphatic rings. The maximum atomic E-state index is 12.0. The molecule has 0 aliphatic carbocycles. The smallest absolute Gasteiger partial charge is 0.287 e. The van der Waals surface area contributed by atoms with Crippen LogP contribution in [0.2, 0.25) is 0 Å². The van der Waals surface area contributed by atoms with Crippen molar-refractivity contribution in [1.82, 2.24) is 10.3 Å². The minimum Gasteiger partial charge on any atom is -0.449 e. The van der Waals surface area contributed by atoms with E-state index in [9.17, 15) is 4.79 Å². The zero-order valence-corrected chi connectivity index (χ0v) is 10.9. The van der Waals surface area contributed by atoms with Gasteiger partial charge < -0.3 is 9.73 Å². The van der Waals surface area contributed by atoms with E-state index in [-0.39, 0.29) is 5.91 Å². The lowest BCUT2D eigenvalue weighted by atomic mass is 10.1. The van der Waals surface area contributed by atoms with Crippen molar-refractivity contribution in [2.75, 3.05) is 6.54 Å². The number of amides is 1. The van der Waals surface area contributed by atoms with Crippen molar-refractivity contribution in [1.29, 1.82) is 0 Å². The number of pyridine rings is 1. The third-order valence-corrected chi connectivity index (χ3v) is 3.05. The van der Waals surface area contributed by atoms with Crippen molar-refractivity contribution in [3.8, 4) is 0 Å². The quantitative estimate of drug-likeness (QED) is 0.790. The summed E-state index contributed by atoms with van der Waals surface area (Å²) in [5.74, 6) is 0.0886. The molecule has 100 valence electrons. The van der Waals surface area contributed by atoms with Crippen LogP contribution in [0.25, 0.3) is 11.1 Å². The van der Waals surface area contributed by atoms with E-state index in [0.717, 1.165) is 6.42 Å². The number of benzene rings is 1. The first-order valence-corrected chi connectivity index (χ1v) is 6.49. The van der Waals surface area contributed by atoms with Crippen LogP contribution in [0.15, 0.2) is 59.1 Å². The summed E-state index contributed by atoms with van der Waals surface area (Å²) in [7, 11) is 0. The Kier molecular flexibility index (Phi) is 3.46. The highest BCUT2D eigenvalue weighted by Crippen LogP contribution is 2.16. The van der Waals surface area contributed by atoms with E-state index >= 15 is 0 Å². The van der Waals surface area contributed by atoms with Gasteiger partial charge in [0.1, 0.15) is 5.52 Å². The van der Waals surface area contributed by atoms with Crippen LogP contribution >= 0.6 is 0 Å². The molecule has 0 unspecified atom stereocenters. The Balaban J connectivity index is 1.61. The Morgan fingerprint density at radius 2 is 2.00 bits per heavy atom. The lowest BCUT2D eigenvalue weighted by Gasteiger charge is -2.03. The van der Waals surface area contributed by atoms with Crippen LogP contribution < -0.4 is 5.32 Å². The van der Waals surface area contributed by atoms with Gasteiger partial charge in [0.2, 0.25) is 0 Å². The molecular formula is C16H14N2O2. The van der Waals surface area contributed by atoms with Gasteiger partial charge in [0.25, 0.3) is 5.91 Å². The first-order valence-electron chi connectivity index (χ1n) is 6.49. The first-order chi connectivity index (χ1) is 9.83. The topological polar surface area (TPSA) is 55.1 Å². The number of hydrogen-bond donors (Lipinski definition) is 1. The summed E-state index contributed by atoms with van der Waals surface area (Å²) < 4.78 is 5.46. The highest BCUT2D eigenvalue weighted by Gasteiger charge is 2.11. The van der Waals surface area contributed by atoms with Gasteiger partial charge in [-0.05, 0) is 24.1 Å².